The molecule has 39 heavy (non-hydrogen) atoms. The maximum Gasteiger partial charge on any atom is 0.297 e. The van der Waals surface area contributed by atoms with Crippen LogP contribution < -0.4 is 5.32 Å². The van der Waals surface area contributed by atoms with Crippen molar-refractivity contribution in [3.63, 3.8) is 0 Å². The van der Waals surface area contributed by atoms with Crippen LogP contribution >= 0.6 is 0 Å². The maximum atomic E-state index is 13.9. The Labute approximate surface area is 231 Å². The molecule has 1 amide bonds. The number of carbonyl (C=O) groups is 2. The molecule has 0 bridgehead atoms. The van der Waals surface area contributed by atoms with Crippen LogP contribution in [0.1, 0.15) is 66.7 Å². The van der Waals surface area contributed by atoms with Crippen molar-refractivity contribution < 1.29 is 32.0 Å². The molecular weight excluding hydrogens is 518 g/mol. The fourth-order valence-corrected chi connectivity index (χ4v) is 10.5. The summed E-state index contributed by atoms with van der Waals surface area (Å²) in [5, 5.41) is 14.4. The van der Waals surface area contributed by atoms with Crippen LogP contribution in [-0.2, 0) is 28.6 Å². The number of aliphatic hydroxyl groups is 1. The van der Waals surface area contributed by atoms with Crippen molar-refractivity contribution in [3.8, 4) is 0 Å². The van der Waals surface area contributed by atoms with Crippen LogP contribution in [0, 0.1) is 40.4 Å². The van der Waals surface area contributed by atoms with Gasteiger partial charge in [0.15, 0.2) is 5.78 Å². The highest BCUT2D eigenvalue weighted by Crippen LogP contribution is 2.68. The summed E-state index contributed by atoms with van der Waals surface area (Å²) in [7, 11) is -4.19. The first-order valence-corrected chi connectivity index (χ1v) is 15.8. The van der Waals surface area contributed by atoms with Gasteiger partial charge in [-0.3, -0.25) is 13.8 Å². The lowest BCUT2D eigenvalue weighted by Crippen LogP contribution is -2.74. The van der Waals surface area contributed by atoms with Crippen molar-refractivity contribution in [1.29, 1.82) is 0 Å². The van der Waals surface area contributed by atoms with E-state index in [1.54, 1.807) is 18.2 Å². The number of aliphatic hydroxyl groups excluding tert-OH is 1. The fourth-order valence-electron chi connectivity index (χ4n) is 9.39. The summed E-state index contributed by atoms with van der Waals surface area (Å²) in [6.07, 6.45) is 0.760. The molecule has 3 aliphatic carbocycles. The molecule has 3 saturated carbocycles. The molecule has 8 nitrogen and oxygen atoms in total. The number of hydrogen-bond donors (Lipinski definition) is 2. The van der Waals surface area contributed by atoms with Gasteiger partial charge in [0.25, 0.3) is 10.1 Å². The zero-order chi connectivity index (χ0) is 28.1. The van der Waals surface area contributed by atoms with E-state index >= 15 is 0 Å². The molecule has 2 heterocycles. The minimum Gasteiger partial charge on any atom is -0.393 e. The van der Waals surface area contributed by atoms with Gasteiger partial charge in [-0.05, 0) is 50.7 Å². The Morgan fingerprint density at radius 2 is 1.74 bits per heavy atom. The predicted molar refractivity (Wildman–Crippen MR) is 143 cm³/mol. The van der Waals surface area contributed by atoms with E-state index in [9.17, 15) is 23.1 Å². The number of ether oxygens (including phenoxy) is 1. The van der Waals surface area contributed by atoms with Gasteiger partial charge >= 0.3 is 0 Å². The Bertz CT molecular complexity index is 1280. The number of rotatable bonds is 3. The molecule has 0 radical (unpaired) electrons. The molecule has 1 aromatic carbocycles. The zero-order valence-electron chi connectivity index (χ0n) is 23.4. The Balaban J connectivity index is 1.45. The van der Waals surface area contributed by atoms with Gasteiger partial charge < -0.3 is 15.2 Å². The summed E-state index contributed by atoms with van der Waals surface area (Å²) < 4.78 is 39.8. The van der Waals surface area contributed by atoms with Gasteiger partial charge in [0, 0.05) is 47.0 Å². The van der Waals surface area contributed by atoms with E-state index in [1.807, 2.05) is 20.8 Å². The van der Waals surface area contributed by atoms with E-state index in [2.05, 4.69) is 19.2 Å². The van der Waals surface area contributed by atoms with E-state index in [-0.39, 0.29) is 64.7 Å². The minimum absolute atomic E-state index is 0.0160. The van der Waals surface area contributed by atoms with Gasteiger partial charge in [-0.25, -0.2) is 0 Å². The molecule has 11 atom stereocenters. The van der Waals surface area contributed by atoms with Crippen LogP contribution in [0.15, 0.2) is 35.2 Å². The Morgan fingerprint density at radius 3 is 2.44 bits per heavy atom. The van der Waals surface area contributed by atoms with Crippen molar-refractivity contribution in [1.82, 2.24) is 5.32 Å². The summed E-state index contributed by atoms with van der Waals surface area (Å²) in [6.45, 7) is 10.2. The second-order valence-electron chi connectivity index (χ2n) is 13.7. The minimum atomic E-state index is -4.19. The molecule has 2 saturated heterocycles. The number of ketones is 1. The van der Waals surface area contributed by atoms with Gasteiger partial charge in [-0.1, -0.05) is 45.9 Å². The van der Waals surface area contributed by atoms with Crippen LogP contribution in [-0.4, -0.2) is 55.2 Å². The normalized spacial score (nSPS) is 46.9. The Kier molecular flexibility index (Phi) is 6.20. The van der Waals surface area contributed by atoms with E-state index in [0.717, 1.165) is 12.8 Å². The Morgan fingerprint density at radius 1 is 1.05 bits per heavy atom. The molecule has 11 unspecified atom stereocenters. The number of hydrogen-bond acceptors (Lipinski definition) is 7. The SMILES string of the molecule is CC1NC(=O)C2CC(O)C3CC4(C)C(C)CCC5C(C)(C)C(=O)C(OS(=O)(=O)c6ccccc6)CC54OC3C12. The number of nitrogens with one attached hydrogen (secondary N) is 1. The summed E-state index contributed by atoms with van der Waals surface area (Å²) in [6, 6.07) is 7.84. The third-order valence-electron chi connectivity index (χ3n) is 11.6. The van der Waals surface area contributed by atoms with Gasteiger partial charge in [0.2, 0.25) is 5.91 Å². The highest BCUT2D eigenvalue weighted by Gasteiger charge is 2.72. The van der Waals surface area contributed by atoms with Gasteiger partial charge in [-0.2, -0.15) is 8.42 Å². The topological polar surface area (TPSA) is 119 Å². The third-order valence-corrected chi connectivity index (χ3v) is 12.9. The van der Waals surface area contributed by atoms with Crippen molar-refractivity contribution in [2.45, 2.75) is 102 Å². The summed E-state index contributed by atoms with van der Waals surface area (Å²) in [5.74, 6) is -0.703. The molecule has 2 aliphatic heterocycles. The number of fused-ring (bicyclic) bond motifs is 3. The number of carbonyl (C=O) groups excluding carboxylic acids is 2. The average molecular weight is 560 g/mol. The Hall–Kier alpha value is -1.81. The molecule has 214 valence electrons. The lowest BCUT2D eigenvalue weighted by Gasteiger charge is -2.70. The molecule has 5 aliphatic rings. The van der Waals surface area contributed by atoms with Crippen LogP contribution in [0.5, 0.6) is 0 Å². The second kappa shape index (κ2) is 8.84. The van der Waals surface area contributed by atoms with Gasteiger partial charge in [0.05, 0.1) is 22.7 Å². The highest BCUT2D eigenvalue weighted by molar-refractivity contribution is 7.86. The predicted octanol–water partition coefficient (Wildman–Crippen LogP) is 3.47. The third kappa shape index (κ3) is 3.75. The standard InChI is InChI=1S/C30H41NO7S/c1-16-11-12-23-28(3,4)26(33)22(38-39(35,36)18-9-7-6-8-10-18)15-30(23)29(16,5)14-20-21(32)13-19-24(25(20)37-30)17(2)31-27(19)34/h6-10,16-17,19-25,32H,11-15H2,1-5H3,(H,31,34). The van der Waals surface area contributed by atoms with Gasteiger partial charge in [-0.15, -0.1) is 0 Å². The first-order valence-electron chi connectivity index (χ1n) is 14.4. The molecule has 9 heteroatoms. The smallest absolute Gasteiger partial charge is 0.297 e. The monoisotopic (exact) mass is 559 g/mol. The molecule has 1 aromatic rings. The first kappa shape index (κ1) is 27.4. The second-order valence-corrected chi connectivity index (χ2v) is 15.3. The lowest BCUT2D eigenvalue weighted by molar-refractivity contribution is -0.328. The summed E-state index contributed by atoms with van der Waals surface area (Å²) in [4.78, 5) is 26.8. The van der Waals surface area contributed by atoms with Gasteiger partial charge in [0.1, 0.15) is 6.10 Å². The van der Waals surface area contributed by atoms with E-state index in [1.165, 1.54) is 12.1 Å². The van der Waals surface area contributed by atoms with Crippen molar-refractivity contribution in [2.75, 3.05) is 0 Å². The summed E-state index contributed by atoms with van der Waals surface area (Å²) >= 11 is 0. The number of Topliss-reactive ketones (excluding diaryl/α,β-unsaturated/α-hetero) is 1. The quantitative estimate of drug-likeness (QED) is 0.545. The van der Waals surface area contributed by atoms with E-state index in [4.69, 9.17) is 8.92 Å². The largest absolute Gasteiger partial charge is 0.393 e. The molecule has 6 rings (SSSR count). The number of benzene rings is 1. The first-order chi connectivity index (χ1) is 18.2. The zero-order valence-corrected chi connectivity index (χ0v) is 24.2. The van der Waals surface area contributed by atoms with Crippen molar-refractivity contribution in [2.24, 2.45) is 40.4 Å². The van der Waals surface area contributed by atoms with Crippen molar-refractivity contribution in [3.05, 3.63) is 30.3 Å². The lowest BCUT2D eigenvalue weighted by atomic mass is 9.42. The molecule has 5 fully saturated rings. The highest BCUT2D eigenvalue weighted by atomic mass is 32.2. The van der Waals surface area contributed by atoms with Crippen LogP contribution in [0.2, 0.25) is 0 Å². The van der Waals surface area contributed by atoms with E-state index < -0.39 is 38.8 Å². The maximum absolute atomic E-state index is 13.9. The molecule has 2 N–H and O–H groups in total. The molecule has 0 aromatic heterocycles. The molecular formula is C30H41NO7S. The van der Waals surface area contributed by atoms with Crippen LogP contribution in [0.3, 0.4) is 0 Å². The fraction of sp³-hybridized carbons (Fsp3) is 0.733. The molecule has 1 spiro atoms. The number of amides is 1. The average Bonchev–Trinajstić information content (AvgIpc) is 3.16. The summed E-state index contributed by atoms with van der Waals surface area (Å²) in [5.41, 5.74) is -2.14. The van der Waals surface area contributed by atoms with E-state index in [0.29, 0.717) is 12.8 Å². The van der Waals surface area contributed by atoms with Crippen LogP contribution in [0.4, 0.5) is 0 Å². The van der Waals surface area contributed by atoms with Crippen LogP contribution in [0.25, 0.3) is 0 Å². The van der Waals surface area contributed by atoms with Crippen molar-refractivity contribution >= 4 is 21.8 Å².